The SMILES string of the molecule is CN(C)c1c(C#N)ccc(F)c1C=O. The molecule has 0 spiro atoms. The number of hydrogen-bond donors (Lipinski definition) is 0. The van der Waals surface area contributed by atoms with Gasteiger partial charge in [-0.05, 0) is 12.1 Å². The summed E-state index contributed by atoms with van der Waals surface area (Å²) in [6.07, 6.45) is 0.422. The number of carbonyl (C=O) groups excluding carboxylic acids is 1. The third-order valence-electron chi connectivity index (χ3n) is 1.85. The monoisotopic (exact) mass is 192 g/mol. The van der Waals surface area contributed by atoms with Crippen LogP contribution in [0.2, 0.25) is 0 Å². The molecule has 0 fully saturated rings. The lowest BCUT2D eigenvalue weighted by molar-refractivity contribution is 0.112. The molecule has 0 saturated carbocycles. The van der Waals surface area contributed by atoms with Gasteiger partial charge in [0.1, 0.15) is 11.9 Å². The summed E-state index contributed by atoms with van der Waals surface area (Å²) < 4.78 is 13.2. The summed E-state index contributed by atoms with van der Waals surface area (Å²) in [7, 11) is 3.31. The van der Waals surface area contributed by atoms with Gasteiger partial charge in [0.2, 0.25) is 0 Å². The first-order valence-corrected chi connectivity index (χ1v) is 3.97. The molecule has 0 radical (unpaired) electrons. The van der Waals surface area contributed by atoms with Crippen LogP contribution in [0.4, 0.5) is 10.1 Å². The summed E-state index contributed by atoms with van der Waals surface area (Å²) >= 11 is 0. The second-order valence-corrected chi connectivity index (χ2v) is 2.98. The Morgan fingerprint density at radius 1 is 1.50 bits per heavy atom. The highest BCUT2D eigenvalue weighted by molar-refractivity contribution is 5.87. The van der Waals surface area contributed by atoms with Gasteiger partial charge < -0.3 is 4.90 Å². The van der Waals surface area contributed by atoms with Gasteiger partial charge in [0, 0.05) is 14.1 Å². The van der Waals surface area contributed by atoms with Crippen molar-refractivity contribution in [2.24, 2.45) is 0 Å². The van der Waals surface area contributed by atoms with E-state index in [1.54, 1.807) is 19.0 Å². The minimum atomic E-state index is -0.609. The Balaban J connectivity index is 3.54. The van der Waals surface area contributed by atoms with Crippen molar-refractivity contribution in [3.8, 4) is 6.07 Å². The number of aldehydes is 1. The highest BCUT2D eigenvalue weighted by Gasteiger charge is 2.14. The summed E-state index contributed by atoms with van der Waals surface area (Å²) in [6.45, 7) is 0. The van der Waals surface area contributed by atoms with Crippen molar-refractivity contribution in [3.63, 3.8) is 0 Å². The maximum atomic E-state index is 13.2. The topological polar surface area (TPSA) is 44.1 Å². The maximum absolute atomic E-state index is 13.2. The maximum Gasteiger partial charge on any atom is 0.155 e. The minimum Gasteiger partial charge on any atom is -0.376 e. The van der Waals surface area contributed by atoms with E-state index in [0.717, 1.165) is 6.07 Å². The Hall–Kier alpha value is -1.89. The highest BCUT2D eigenvalue weighted by atomic mass is 19.1. The molecule has 0 aliphatic carbocycles. The van der Waals surface area contributed by atoms with E-state index in [1.807, 2.05) is 6.07 Å². The first kappa shape index (κ1) is 10.2. The van der Waals surface area contributed by atoms with Gasteiger partial charge >= 0.3 is 0 Å². The summed E-state index contributed by atoms with van der Waals surface area (Å²) in [4.78, 5) is 12.2. The van der Waals surface area contributed by atoms with Gasteiger partial charge in [0.05, 0.1) is 16.8 Å². The van der Waals surface area contributed by atoms with Crippen molar-refractivity contribution >= 4 is 12.0 Å². The fraction of sp³-hybridized carbons (Fsp3) is 0.200. The lowest BCUT2D eigenvalue weighted by Crippen LogP contribution is -2.14. The molecule has 72 valence electrons. The first-order chi connectivity index (χ1) is 6.61. The molecule has 0 amide bonds. The van der Waals surface area contributed by atoms with Crippen LogP contribution >= 0.6 is 0 Å². The lowest BCUT2D eigenvalue weighted by atomic mass is 10.1. The van der Waals surface area contributed by atoms with Gasteiger partial charge in [-0.3, -0.25) is 4.79 Å². The van der Waals surface area contributed by atoms with Crippen LogP contribution in [0.15, 0.2) is 12.1 Å². The fourth-order valence-electron chi connectivity index (χ4n) is 1.27. The van der Waals surface area contributed by atoms with Crippen LogP contribution in [0, 0.1) is 17.1 Å². The average Bonchev–Trinajstić information content (AvgIpc) is 2.17. The lowest BCUT2D eigenvalue weighted by Gasteiger charge is -2.16. The van der Waals surface area contributed by atoms with Crippen LogP contribution in [0.3, 0.4) is 0 Å². The van der Waals surface area contributed by atoms with Gasteiger partial charge in [-0.15, -0.1) is 0 Å². The van der Waals surface area contributed by atoms with Gasteiger partial charge in [-0.1, -0.05) is 0 Å². The first-order valence-electron chi connectivity index (χ1n) is 3.97. The number of carbonyl (C=O) groups is 1. The van der Waals surface area contributed by atoms with Crippen LogP contribution in [0.5, 0.6) is 0 Å². The van der Waals surface area contributed by atoms with Crippen molar-refractivity contribution in [2.75, 3.05) is 19.0 Å². The average molecular weight is 192 g/mol. The smallest absolute Gasteiger partial charge is 0.155 e. The molecule has 0 heterocycles. The largest absolute Gasteiger partial charge is 0.376 e. The zero-order valence-corrected chi connectivity index (χ0v) is 7.91. The van der Waals surface area contributed by atoms with Crippen molar-refractivity contribution in [2.45, 2.75) is 0 Å². The van der Waals surface area contributed by atoms with E-state index in [9.17, 15) is 9.18 Å². The van der Waals surface area contributed by atoms with Gasteiger partial charge in [0.15, 0.2) is 6.29 Å². The van der Waals surface area contributed by atoms with Crippen LogP contribution in [0.25, 0.3) is 0 Å². The molecule has 0 saturated heterocycles. The summed E-state index contributed by atoms with van der Waals surface area (Å²) in [6, 6.07) is 4.39. The van der Waals surface area contributed by atoms with E-state index < -0.39 is 5.82 Å². The van der Waals surface area contributed by atoms with E-state index in [4.69, 9.17) is 5.26 Å². The Bertz CT molecular complexity index is 407. The van der Waals surface area contributed by atoms with Gasteiger partial charge in [-0.2, -0.15) is 5.26 Å². The molecule has 3 nitrogen and oxygen atoms in total. The van der Waals surface area contributed by atoms with E-state index in [0.29, 0.717) is 17.5 Å². The molecule has 1 rings (SSSR count). The number of rotatable bonds is 2. The van der Waals surface area contributed by atoms with E-state index in [1.165, 1.54) is 6.07 Å². The minimum absolute atomic E-state index is 0.0750. The number of halogens is 1. The number of hydrogen-bond acceptors (Lipinski definition) is 3. The number of anilines is 1. The van der Waals surface area contributed by atoms with Crippen molar-refractivity contribution < 1.29 is 9.18 Å². The molecule has 0 atom stereocenters. The third-order valence-corrected chi connectivity index (χ3v) is 1.85. The Morgan fingerprint density at radius 3 is 2.57 bits per heavy atom. The summed E-state index contributed by atoms with van der Waals surface area (Å²) in [5, 5.41) is 8.76. The van der Waals surface area contributed by atoms with Crippen LogP contribution in [-0.2, 0) is 0 Å². The molecular formula is C10H9FN2O. The molecule has 4 heteroatoms. The quantitative estimate of drug-likeness (QED) is 0.668. The molecule has 1 aromatic carbocycles. The second kappa shape index (κ2) is 3.88. The number of benzene rings is 1. The highest BCUT2D eigenvalue weighted by Crippen LogP contribution is 2.24. The molecule has 14 heavy (non-hydrogen) atoms. The van der Waals surface area contributed by atoms with Crippen LogP contribution in [0.1, 0.15) is 15.9 Å². The van der Waals surface area contributed by atoms with Crippen molar-refractivity contribution in [3.05, 3.63) is 29.1 Å². The van der Waals surface area contributed by atoms with Gasteiger partial charge in [-0.25, -0.2) is 4.39 Å². The standard InChI is InChI=1S/C10H9FN2O/c1-13(2)10-7(5-12)3-4-9(11)8(10)6-14/h3-4,6H,1-2H3. The second-order valence-electron chi connectivity index (χ2n) is 2.98. The van der Waals surface area contributed by atoms with Crippen molar-refractivity contribution in [1.29, 1.82) is 5.26 Å². The molecule has 0 bridgehead atoms. The number of nitriles is 1. The molecule has 0 aromatic heterocycles. The zero-order chi connectivity index (χ0) is 10.7. The Morgan fingerprint density at radius 2 is 2.14 bits per heavy atom. The van der Waals surface area contributed by atoms with E-state index >= 15 is 0 Å². The fourth-order valence-corrected chi connectivity index (χ4v) is 1.27. The van der Waals surface area contributed by atoms with E-state index in [-0.39, 0.29) is 5.56 Å². The van der Waals surface area contributed by atoms with Crippen molar-refractivity contribution in [1.82, 2.24) is 0 Å². The molecular weight excluding hydrogens is 183 g/mol. The van der Waals surface area contributed by atoms with E-state index in [2.05, 4.69) is 0 Å². The molecule has 0 aliphatic rings. The van der Waals surface area contributed by atoms with Crippen LogP contribution < -0.4 is 4.90 Å². The Labute approximate surface area is 81.4 Å². The molecule has 0 aliphatic heterocycles. The summed E-state index contributed by atoms with van der Waals surface area (Å²) in [5.74, 6) is -0.609. The Kier molecular flexibility index (Phi) is 2.82. The molecule has 1 aromatic rings. The number of nitrogens with zero attached hydrogens (tertiary/aromatic N) is 2. The zero-order valence-electron chi connectivity index (χ0n) is 7.91. The predicted molar refractivity (Wildman–Crippen MR) is 50.8 cm³/mol. The third kappa shape index (κ3) is 1.57. The molecule has 0 unspecified atom stereocenters. The normalized spacial score (nSPS) is 9.29. The van der Waals surface area contributed by atoms with Crippen LogP contribution in [-0.4, -0.2) is 20.4 Å². The van der Waals surface area contributed by atoms with Gasteiger partial charge in [0.25, 0.3) is 0 Å². The predicted octanol–water partition coefficient (Wildman–Crippen LogP) is 1.58. The summed E-state index contributed by atoms with van der Waals surface area (Å²) in [5.41, 5.74) is 0.537. The molecule has 0 N–H and O–H groups in total.